The van der Waals surface area contributed by atoms with E-state index in [1.165, 1.54) is 22.3 Å². The van der Waals surface area contributed by atoms with Gasteiger partial charge in [-0.3, -0.25) is 0 Å². The van der Waals surface area contributed by atoms with Gasteiger partial charge in [-0.1, -0.05) is 18.2 Å². The van der Waals surface area contributed by atoms with Crippen LogP contribution in [0.3, 0.4) is 0 Å². The van der Waals surface area contributed by atoms with Crippen molar-refractivity contribution in [3.63, 3.8) is 0 Å². The average molecular weight is 316 g/mol. The standard InChI is InChI=1S/C12H16N2.HI/c1-13(2)9-10-14-8-7-11-5-3-4-6-12(11)14;/h3-8H,9-10H2,1-2H3;1H. The number of likely N-dealkylation sites (N-methyl/N-ethyl adjacent to an activating group) is 1. The van der Waals surface area contributed by atoms with Gasteiger partial charge in [0, 0.05) is 11.7 Å². The lowest BCUT2D eigenvalue weighted by Crippen LogP contribution is -3.06. The molecule has 15 heavy (non-hydrogen) atoms. The molecule has 2 nitrogen and oxygen atoms in total. The van der Waals surface area contributed by atoms with E-state index >= 15 is 0 Å². The van der Waals surface area contributed by atoms with Gasteiger partial charge in [0.05, 0.1) is 27.2 Å². The Morgan fingerprint density at radius 3 is 2.60 bits per heavy atom. The van der Waals surface area contributed by atoms with Gasteiger partial charge in [-0.25, -0.2) is 0 Å². The normalized spacial score (nSPS) is 10.6. The molecule has 0 aliphatic heterocycles. The zero-order chi connectivity index (χ0) is 9.97. The second-order valence-electron chi connectivity index (χ2n) is 4.03. The van der Waals surface area contributed by atoms with E-state index in [4.69, 9.17) is 0 Å². The maximum Gasteiger partial charge on any atom is 0.0949 e. The molecule has 0 radical (unpaired) electrons. The van der Waals surface area contributed by atoms with Crippen molar-refractivity contribution < 1.29 is 28.9 Å². The van der Waals surface area contributed by atoms with E-state index < -0.39 is 0 Å². The number of quaternary nitrogens is 1. The first kappa shape index (κ1) is 12.5. The van der Waals surface area contributed by atoms with Gasteiger partial charge in [0.15, 0.2) is 0 Å². The minimum absolute atomic E-state index is 0. The lowest BCUT2D eigenvalue weighted by molar-refractivity contribution is -0.858. The largest absolute Gasteiger partial charge is 1.00 e. The molecule has 0 aliphatic carbocycles. The highest BCUT2D eigenvalue weighted by atomic mass is 127. The predicted octanol–water partition coefficient (Wildman–Crippen LogP) is -2.21. The van der Waals surface area contributed by atoms with Crippen molar-refractivity contribution in [3.8, 4) is 0 Å². The summed E-state index contributed by atoms with van der Waals surface area (Å²) < 4.78 is 2.32. The summed E-state index contributed by atoms with van der Waals surface area (Å²) in [7, 11) is 4.37. The molecule has 1 heterocycles. The highest BCUT2D eigenvalue weighted by Crippen LogP contribution is 2.14. The first-order valence-electron chi connectivity index (χ1n) is 5.10. The van der Waals surface area contributed by atoms with Crippen LogP contribution < -0.4 is 28.9 Å². The van der Waals surface area contributed by atoms with Gasteiger partial charge < -0.3 is 33.4 Å². The van der Waals surface area contributed by atoms with Crippen molar-refractivity contribution in [2.75, 3.05) is 20.6 Å². The van der Waals surface area contributed by atoms with Crippen molar-refractivity contribution in [1.29, 1.82) is 0 Å². The Labute approximate surface area is 108 Å². The maximum atomic E-state index is 2.32. The fraction of sp³-hybridized carbons (Fsp3) is 0.333. The molecule has 82 valence electrons. The van der Waals surface area contributed by atoms with Crippen LogP contribution in [0.1, 0.15) is 0 Å². The molecule has 0 saturated carbocycles. The highest BCUT2D eigenvalue weighted by Gasteiger charge is 2.00. The van der Waals surface area contributed by atoms with Crippen LogP contribution in [0.2, 0.25) is 0 Å². The van der Waals surface area contributed by atoms with Crippen molar-refractivity contribution in [2.24, 2.45) is 0 Å². The van der Waals surface area contributed by atoms with E-state index in [9.17, 15) is 0 Å². The summed E-state index contributed by atoms with van der Waals surface area (Å²) in [5, 5.41) is 1.33. The summed E-state index contributed by atoms with van der Waals surface area (Å²) >= 11 is 0. The highest BCUT2D eigenvalue weighted by molar-refractivity contribution is 5.79. The molecule has 2 rings (SSSR count). The van der Waals surface area contributed by atoms with E-state index in [0.717, 1.165) is 6.54 Å². The molecule has 0 amide bonds. The summed E-state index contributed by atoms with van der Waals surface area (Å²) in [6.07, 6.45) is 2.17. The minimum atomic E-state index is 0. The second kappa shape index (κ2) is 5.51. The molecule has 1 aromatic carbocycles. The fourth-order valence-corrected chi connectivity index (χ4v) is 1.68. The van der Waals surface area contributed by atoms with E-state index in [0.29, 0.717) is 0 Å². The molecule has 0 bridgehead atoms. The zero-order valence-electron chi connectivity index (χ0n) is 9.20. The van der Waals surface area contributed by atoms with Gasteiger partial charge in [0.25, 0.3) is 0 Å². The molecule has 0 unspecified atom stereocenters. The number of para-hydroxylation sites is 1. The number of benzene rings is 1. The minimum Gasteiger partial charge on any atom is -1.00 e. The lowest BCUT2D eigenvalue weighted by atomic mass is 10.2. The van der Waals surface area contributed by atoms with Gasteiger partial charge in [0.2, 0.25) is 0 Å². The fourth-order valence-electron chi connectivity index (χ4n) is 1.68. The van der Waals surface area contributed by atoms with Crippen LogP contribution in [-0.2, 0) is 6.54 Å². The summed E-state index contributed by atoms with van der Waals surface area (Å²) in [5.41, 5.74) is 1.34. The molecule has 0 fully saturated rings. The van der Waals surface area contributed by atoms with Crippen LogP contribution in [0.25, 0.3) is 10.9 Å². The quantitative estimate of drug-likeness (QED) is 0.615. The van der Waals surface area contributed by atoms with E-state index in [1.54, 1.807) is 0 Å². The first-order valence-corrected chi connectivity index (χ1v) is 5.10. The molecule has 1 aromatic heterocycles. The van der Waals surface area contributed by atoms with E-state index in [2.05, 4.69) is 55.2 Å². The number of nitrogens with one attached hydrogen (secondary N) is 1. The number of fused-ring (bicyclic) bond motifs is 1. The molecule has 1 N–H and O–H groups in total. The summed E-state index contributed by atoms with van der Waals surface area (Å²) in [6, 6.07) is 10.7. The molecule has 2 aromatic rings. The van der Waals surface area contributed by atoms with Gasteiger partial charge in [-0.05, 0) is 17.5 Å². The van der Waals surface area contributed by atoms with Crippen LogP contribution in [-0.4, -0.2) is 25.2 Å². The predicted molar refractivity (Wildman–Crippen MR) is 59.6 cm³/mol. The molecule has 0 atom stereocenters. The van der Waals surface area contributed by atoms with Gasteiger partial charge in [-0.15, -0.1) is 0 Å². The third-order valence-electron chi connectivity index (χ3n) is 2.53. The Bertz CT molecular complexity index is 420. The molecule has 0 spiro atoms. The van der Waals surface area contributed by atoms with Crippen molar-refractivity contribution >= 4 is 10.9 Å². The SMILES string of the molecule is C[NH+](C)CCn1ccc2ccccc21.[I-]. The van der Waals surface area contributed by atoms with Gasteiger partial charge in [0.1, 0.15) is 0 Å². The molecular formula is C12H17IN2. The topological polar surface area (TPSA) is 9.37 Å². The third-order valence-corrected chi connectivity index (χ3v) is 2.53. The Morgan fingerprint density at radius 1 is 1.13 bits per heavy atom. The van der Waals surface area contributed by atoms with Crippen LogP contribution >= 0.6 is 0 Å². The number of halogens is 1. The number of rotatable bonds is 3. The molecule has 3 heteroatoms. The average Bonchev–Trinajstić information content (AvgIpc) is 2.58. The monoisotopic (exact) mass is 316 g/mol. The van der Waals surface area contributed by atoms with Crippen LogP contribution in [0.5, 0.6) is 0 Å². The Kier molecular flexibility index (Phi) is 4.60. The Balaban J connectivity index is 0.00000112. The van der Waals surface area contributed by atoms with Gasteiger partial charge >= 0.3 is 0 Å². The third kappa shape index (κ3) is 2.95. The van der Waals surface area contributed by atoms with Crippen LogP contribution in [0.4, 0.5) is 0 Å². The number of hydrogen-bond acceptors (Lipinski definition) is 0. The first-order chi connectivity index (χ1) is 6.77. The second-order valence-corrected chi connectivity index (χ2v) is 4.03. The van der Waals surface area contributed by atoms with Crippen molar-refractivity contribution in [3.05, 3.63) is 36.5 Å². The van der Waals surface area contributed by atoms with Crippen molar-refractivity contribution in [1.82, 2.24) is 4.57 Å². The van der Waals surface area contributed by atoms with E-state index in [1.807, 2.05) is 0 Å². The van der Waals surface area contributed by atoms with Crippen LogP contribution in [0, 0.1) is 0 Å². The summed E-state index contributed by atoms with van der Waals surface area (Å²) in [5.74, 6) is 0. The summed E-state index contributed by atoms with van der Waals surface area (Å²) in [4.78, 5) is 1.49. The molecule has 0 saturated heterocycles. The smallest absolute Gasteiger partial charge is 0.0949 e. The number of aromatic nitrogens is 1. The Hall–Kier alpha value is -0.550. The van der Waals surface area contributed by atoms with E-state index in [-0.39, 0.29) is 24.0 Å². The number of hydrogen-bond donors (Lipinski definition) is 1. The Morgan fingerprint density at radius 2 is 1.87 bits per heavy atom. The van der Waals surface area contributed by atoms with Crippen molar-refractivity contribution in [2.45, 2.75) is 6.54 Å². The zero-order valence-corrected chi connectivity index (χ0v) is 11.4. The number of nitrogens with zero attached hydrogens (tertiary/aromatic N) is 1. The molecule has 0 aliphatic rings. The van der Waals surface area contributed by atoms with Crippen LogP contribution in [0.15, 0.2) is 36.5 Å². The summed E-state index contributed by atoms with van der Waals surface area (Å²) in [6.45, 7) is 2.26. The lowest BCUT2D eigenvalue weighted by Gasteiger charge is -2.08. The molecular weight excluding hydrogens is 299 g/mol. The van der Waals surface area contributed by atoms with Gasteiger partial charge in [-0.2, -0.15) is 0 Å². The maximum absolute atomic E-state index is 2.32.